The van der Waals surface area contributed by atoms with Gasteiger partial charge in [0, 0.05) is 0 Å². The Morgan fingerprint density at radius 2 is 0.397 bits per heavy atom. The fraction of sp³-hybridized carbons (Fsp3) is 0.933. The molecule has 0 aliphatic carbocycles. The van der Waals surface area contributed by atoms with Crippen molar-refractivity contribution in [3.8, 4) is 0 Å². The molecule has 8 nitrogen and oxygen atoms in total. The van der Waals surface area contributed by atoms with E-state index in [1.54, 1.807) is 0 Å². The summed E-state index contributed by atoms with van der Waals surface area (Å²) in [5.74, 6) is -4.76. The van der Waals surface area contributed by atoms with Crippen LogP contribution in [0.4, 0.5) is 0 Å². The summed E-state index contributed by atoms with van der Waals surface area (Å²) in [5.41, 5.74) is 0. The highest BCUT2D eigenvalue weighted by molar-refractivity contribution is 5.88. The molecule has 68 heavy (non-hydrogen) atoms. The predicted octanol–water partition coefficient (Wildman–Crippen LogP) is 18.4. The lowest BCUT2D eigenvalue weighted by Gasteiger charge is -2.23. The Labute approximate surface area is 421 Å². The first-order chi connectivity index (χ1) is 33.4. The van der Waals surface area contributed by atoms with Gasteiger partial charge < -0.3 is 18.9 Å². The monoisotopic (exact) mass is 963 g/mol. The van der Waals surface area contributed by atoms with E-state index in [1.807, 2.05) is 0 Å². The zero-order chi connectivity index (χ0) is 49.6. The van der Waals surface area contributed by atoms with Gasteiger partial charge in [-0.05, 0) is 25.7 Å². The molecule has 0 aliphatic heterocycles. The van der Waals surface area contributed by atoms with E-state index in [0.29, 0.717) is 12.8 Å². The average Bonchev–Trinajstić information content (AvgIpc) is 3.33. The van der Waals surface area contributed by atoms with Crippen molar-refractivity contribution in [3.63, 3.8) is 0 Å². The smallest absolute Gasteiger partial charge is 0.310 e. The molecule has 0 radical (unpaired) electrons. The molecule has 0 saturated carbocycles. The standard InChI is InChI=1S/C60H114O8/c1-5-9-13-17-21-25-29-33-37-41-45-49-65-57(61)53-55(59(63)67-51-47-43-39-35-31-27-23-19-15-11-7-3)56(60(64)68-52-48-44-40-36-32-28-24-20-16-12-8-4)54-58(62)66-50-46-42-38-34-30-26-22-18-14-10-6-2/h55-56H,5-54H2,1-4H3. The molecular weight excluding hydrogens is 849 g/mol. The third-order valence-corrected chi connectivity index (χ3v) is 13.9. The first-order valence-electron chi connectivity index (χ1n) is 30.1. The maximum absolute atomic E-state index is 13.9. The van der Waals surface area contributed by atoms with E-state index in [1.165, 1.54) is 205 Å². The third-order valence-electron chi connectivity index (χ3n) is 13.9. The number of carbonyl (C=O) groups is 4. The highest BCUT2D eigenvalue weighted by atomic mass is 16.6. The summed E-state index contributed by atoms with van der Waals surface area (Å²) in [7, 11) is 0. The van der Waals surface area contributed by atoms with Crippen LogP contribution < -0.4 is 0 Å². The molecule has 0 spiro atoms. The van der Waals surface area contributed by atoms with Gasteiger partial charge in [0.15, 0.2) is 0 Å². The van der Waals surface area contributed by atoms with Crippen LogP contribution in [0.3, 0.4) is 0 Å². The second kappa shape index (κ2) is 54.2. The van der Waals surface area contributed by atoms with Crippen molar-refractivity contribution in [1.82, 2.24) is 0 Å². The minimum Gasteiger partial charge on any atom is -0.466 e. The molecule has 0 saturated heterocycles. The molecule has 0 N–H and O–H groups in total. The fourth-order valence-corrected chi connectivity index (χ4v) is 9.25. The van der Waals surface area contributed by atoms with Crippen molar-refractivity contribution in [1.29, 1.82) is 0 Å². The summed E-state index contributed by atoms with van der Waals surface area (Å²) in [6, 6.07) is 0. The molecule has 0 aromatic rings. The lowest BCUT2D eigenvalue weighted by molar-refractivity contribution is -0.167. The van der Waals surface area contributed by atoms with Gasteiger partial charge in [0.05, 0.1) is 51.1 Å². The number of hydrogen-bond donors (Lipinski definition) is 0. The first-order valence-corrected chi connectivity index (χ1v) is 30.1. The molecule has 0 bridgehead atoms. The minimum atomic E-state index is -1.19. The maximum atomic E-state index is 13.9. The Morgan fingerprint density at radius 1 is 0.235 bits per heavy atom. The van der Waals surface area contributed by atoms with Crippen molar-refractivity contribution in [2.24, 2.45) is 11.8 Å². The van der Waals surface area contributed by atoms with Crippen LogP contribution in [0.25, 0.3) is 0 Å². The number of hydrogen-bond acceptors (Lipinski definition) is 8. The molecule has 8 heteroatoms. The van der Waals surface area contributed by atoms with Crippen LogP contribution in [0.1, 0.15) is 323 Å². The summed E-state index contributed by atoms with van der Waals surface area (Å²) in [5, 5.41) is 0. The molecule has 402 valence electrons. The molecule has 0 heterocycles. The minimum absolute atomic E-state index is 0.212. The van der Waals surface area contributed by atoms with E-state index in [4.69, 9.17) is 18.9 Å². The second-order valence-corrected chi connectivity index (χ2v) is 20.5. The number of carbonyl (C=O) groups excluding carboxylic acids is 4. The van der Waals surface area contributed by atoms with Gasteiger partial charge in [-0.15, -0.1) is 0 Å². The number of esters is 4. The Bertz CT molecular complexity index is 1010. The quantitative estimate of drug-likeness (QED) is 0.0337. The lowest BCUT2D eigenvalue weighted by atomic mass is 9.86. The molecule has 0 rings (SSSR count). The number of ether oxygens (including phenoxy) is 4. The summed E-state index contributed by atoms with van der Waals surface area (Å²) in [4.78, 5) is 54.6. The summed E-state index contributed by atoms with van der Waals surface area (Å²) >= 11 is 0. The Kier molecular flexibility index (Phi) is 52.5. The van der Waals surface area contributed by atoms with Crippen molar-refractivity contribution in [2.75, 3.05) is 26.4 Å². The van der Waals surface area contributed by atoms with Crippen LogP contribution in [0.5, 0.6) is 0 Å². The third kappa shape index (κ3) is 46.3. The second-order valence-electron chi connectivity index (χ2n) is 20.5. The predicted molar refractivity (Wildman–Crippen MR) is 286 cm³/mol. The van der Waals surface area contributed by atoms with E-state index in [9.17, 15) is 19.2 Å². The van der Waals surface area contributed by atoms with Crippen molar-refractivity contribution in [2.45, 2.75) is 323 Å². The zero-order valence-electron chi connectivity index (χ0n) is 45.8. The summed E-state index contributed by atoms with van der Waals surface area (Å²) < 4.78 is 22.9. The number of rotatable bonds is 55. The number of unbranched alkanes of at least 4 members (excludes halogenated alkanes) is 40. The van der Waals surface area contributed by atoms with Gasteiger partial charge in [0.1, 0.15) is 0 Å². The van der Waals surface area contributed by atoms with E-state index in [0.717, 1.165) is 64.2 Å². The normalized spacial score (nSPS) is 12.2. The van der Waals surface area contributed by atoms with Crippen LogP contribution in [0.2, 0.25) is 0 Å². The van der Waals surface area contributed by atoms with E-state index in [-0.39, 0.29) is 39.3 Å². The molecule has 0 amide bonds. The Morgan fingerprint density at radius 3 is 0.588 bits per heavy atom. The van der Waals surface area contributed by atoms with Crippen LogP contribution in [0.15, 0.2) is 0 Å². The van der Waals surface area contributed by atoms with Gasteiger partial charge in [-0.25, -0.2) is 0 Å². The van der Waals surface area contributed by atoms with Gasteiger partial charge in [-0.2, -0.15) is 0 Å². The van der Waals surface area contributed by atoms with Gasteiger partial charge in [-0.1, -0.05) is 285 Å². The van der Waals surface area contributed by atoms with Crippen molar-refractivity contribution >= 4 is 23.9 Å². The Balaban J connectivity index is 5.43. The van der Waals surface area contributed by atoms with E-state index < -0.39 is 35.7 Å². The molecular formula is C60H114O8. The Hall–Kier alpha value is -2.12. The van der Waals surface area contributed by atoms with Gasteiger partial charge in [-0.3, -0.25) is 19.2 Å². The van der Waals surface area contributed by atoms with Gasteiger partial charge in [0.25, 0.3) is 0 Å². The molecule has 0 fully saturated rings. The van der Waals surface area contributed by atoms with E-state index in [2.05, 4.69) is 27.7 Å². The highest BCUT2D eigenvalue weighted by Gasteiger charge is 2.40. The van der Waals surface area contributed by atoms with Crippen LogP contribution in [-0.4, -0.2) is 50.3 Å². The van der Waals surface area contributed by atoms with Crippen LogP contribution >= 0.6 is 0 Å². The SMILES string of the molecule is CCCCCCCCCCCCCOC(=O)CC(C(=O)OCCCCCCCCCCCCC)C(CC(=O)OCCCCCCCCCCCCC)C(=O)OCCCCCCCCCCCCC. The summed E-state index contributed by atoms with van der Waals surface area (Å²) in [6.45, 7) is 9.95. The molecule has 2 unspecified atom stereocenters. The highest BCUT2D eigenvalue weighted by Crippen LogP contribution is 2.26. The first kappa shape index (κ1) is 65.9. The largest absolute Gasteiger partial charge is 0.466 e. The maximum Gasteiger partial charge on any atom is 0.310 e. The van der Waals surface area contributed by atoms with Crippen LogP contribution in [-0.2, 0) is 38.1 Å². The molecule has 0 aliphatic rings. The van der Waals surface area contributed by atoms with Crippen LogP contribution in [0, 0.1) is 11.8 Å². The molecule has 0 aromatic carbocycles. The topological polar surface area (TPSA) is 105 Å². The fourth-order valence-electron chi connectivity index (χ4n) is 9.25. The molecule has 0 aromatic heterocycles. The zero-order valence-corrected chi connectivity index (χ0v) is 45.8. The van der Waals surface area contributed by atoms with Crippen molar-refractivity contribution in [3.05, 3.63) is 0 Å². The molecule has 2 atom stereocenters. The summed E-state index contributed by atoms with van der Waals surface area (Å²) in [6.07, 6.45) is 51.5. The average molecular weight is 964 g/mol. The van der Waals surface area contributed by atoms with Gasteiger partial charge >= 0.3 is 23.9 Å². The lowest BCUT2D eigenvalue weighted by Crippen LogP contribution is -2.36. The van der Waals surface area contributed by atoms with Gasteiger partial charge in [0.2, 0.25) is 0 Å². The van der Waals surface area contributed by atoms with Crippen molar-refractivity contribution < 1.29 is 38.1 Å². The van der Waals surface area contributed by atoms with E-state index >= 15 is 0 Å².